The first-order chi connectivity index (χ1) is 14.1. The lowest BCUT2D eigenvalue weighted by Crippen LogP contribution is -2.44. The number of para-hydroxylation sites is 2. The average molecular weight is 412 g/mol. The molecular formula is C21H21FN4O2S. The molecule has 2 N–H and O–H groups in total. The molecule has 0 aliphatic carbocycles. The van der Waals surface area contributed by atoms with E-state index in [1.54, 1.807) is 17.4 Å². The molecule has 0 spiro atoms. The molecule has 2 aromatic carbocycles. The van der Waals surface area contributed by atoms with Crippen molar-refractivity contribution in [2.24, 2.45) is 0 Å². The van der Waals surface area contributed by atoms with Crippen LogP contribution in [0.2, 0.25) is 0 Å². The monoisotopic (exact) mass is 412 g/mol. The van der Waals surface area contributed by atoms with Crippen molar-refractivity contribution >= 4 is 39.2 Å². The van der Waals surface area contributed by atoms with Crippen molar-refractivity contribution in [2.45, 2.75) is 25.3 Å². The summed E-state index contributed by atoms with van der Waals surface area (Å²) >= 11 is 1.65. The summed E-state index contributed by atoms with van der Waals surface area (Å²) in [6.45, 7) is 0.855. The first-order valence-corrected chi connectivity index (χ1v) is 10.4. The number of anilines is 1. The van der Waals surface area contributed by atoms with Gasteiger partial charge in [-0.1, -0.05) is 30.7 Å². The summed E-state index contributed by atoms with van der Waals surface area (Å²) in [7, 11) is 0. The fourth-order valence-electron chi connectivity index (χ4n) is 3.56. The van der Waals surface area contributed by atoms with Gasteiger partial charge in [0.15, 0.2) is 0 Å². The lowest BCUT2D eigenvalue weighted by Gasteiger charge is -2.33. The van der Waals surface area contributed by atoms with Gasteiger partial charge in [-0.3, -0.25) is 15.0 Å². The fraction of sp³-hybridized carbons (Fsp3) is 0.286. The molecular weight excluding hydrogens is 391 g/mol. The van der Waals surface area contributed by atoms with Crippen LogP contribution in [-0.4, -0.2) is 34.9 Å². The maximum atomic E-state index is 13.6. The number of hydrogen-bond donors (Lipinski definition) is 2. The number of halogens is 1. The van der Waals surface area contributed by atoms with Crippen molar-refractivity contribution in [2.75, 3.05) is 18.4 Å². The molecule has 6 nitrogen and oxygen atoms in total. The van der Waals surface area contributed by atoms with Crippen molar-refractivity contribution in [3.05, 3.63) is 59.4 Å². The molecule has 0 bridgehead atoms. The number of urea groups is 1. The van der Waals surface area contributed by atoms with Gasteiger partial charge in [-0.15, -0.1) is 11.3 Å². The Kier molecular flexibility index (Phi) is 5.82. The van der Waals surface area contributed by atoms with E-state index in [1.807, 2.05) is 24.3 Å². The molecule has 1 aliphatic rings. The summed E-state index contributed by atoms with van der Waals surface area (Å²) in [4.78, 5) is 31.3. The standard InChI is InChI=1S/C21H21FN4O2S/c22-14-7-1-2-8-15(14)24-21(28)25-19(27)13-26-12-6-5-10-17(26)20-23-16-9-3-4-11-18(16)29-20/h1-4,7-9,11,17H,5-6,10,12-13H2,(H2,24,25,27,28)/t17-/m1/s1. The molecule has 1 saturated heterocycles. The number of amides is 3. The molecule has 150 valence electrons. The van der Waals surface area contributed by atoms with E-state index < -0.39 is 17.8 Å². The van der Waals surface area contributed by atoms with Gasteiger partial charge in [-0.05, 0) is 43.7 Å². The number of aromatic nitrogens is 1. The van der Waals surface area contributed by atoms with Crippen LogP contribution in [0.3, 0.4) is 0 Å². The number of nitrogens with zero attached hydrogens (tertiary/aromatic N) is 2. The second-order valence-corrected chi connectivity index (χ2v) is 8.05. The first-order valence-electron chi connectivity index (χ1n) is 9.55. The lowest BCUT2D eigenvalue weighted by atomic mass is 10.0. The minimum Gasteiger partial charge on any atom is -0.305 e. The van der Waals surface area contributed by atoms with Crippen molar-refractivity contribution in [3.8, 4) is 0 Å². The number of piperidine rings is 1. The van der Waals surface area contributed by atoms with E-state index in [4.69, 9.17) is 4.98 Å². The zero-order valence-corrected chi connectivity index (χ0v) is 16.5. The Morgan fingerprint density at radius 2 is 1.93 bits per heavy atom. The van der Waals surface area contributed by atoms with Gasteiger partial charge in [-0.25, -0.2) is 14.2 Å². The minimum absolute atomic E-state index is 0.0307. The zero-order valence-electron chi connectivity index (χ0n) is 15.7. The summed E-state index contributed by atoms with van der Waals surface area (Å²) in [6, 6.07) is 13.1. The number of benzene rings is 2. The predicted molar refractivity (Wildman–Crippen MR) is 111 cm³/mol. The summed E-state index contributed by atoms with van der Waals surface area (Å²) in [5.74, 6) is -0.978. The molecule has 1 fully saturated rings. The van der Waals surface area contributed by atoms with E-state index in [0.717, 1.165) is 41.0 Å². The average Bonchev–Trinajstić information content (AvgIpc) is 3.14. The van der Waals surface area contributed by atoms with E-state index >= 15 is 0 Å². The van der Waals surface area contributed by atoms with Crippen LogP contribution < -0.4 is 10.6 Å². The van der Waals surface area contributed by atoms with Gasteiger partial charge in [0.1, 0.15) is 10.8 Å². The number of rotatable bonds is 4. The third-order valence-electron chi connectivity index (χ3n) is 4.93. The molecule has 1 atom stereocenters. The van der Waals surface area contributed by atoms with Crippen LogP contribution in [0.15, 0.2) is 48.5 Å². The highest BCUT2D eigenvalue weighted by Gasteiger charge is 2.28. The van der Waals surface area contributed by atoms with Crippen LogP contribution in [0.5, 0.6) is 0 Å². The SMILES string of the molecule is O=C(CN1CCCC[C@@H]1c1nc2ccccc2s1)NC(=O)Nc1ccccc1F. The van der Waals surface area contributed by atoms with Crippen LogP contribution in [0.4, 0.5) is 14.9 Å². The number of hydrogen-bond acceptors (Lipinski definition) is 5. The number of carbonyl (C=O) groups is 2. The van der Waals surface area contributed by atoms with Gasteiger partial charge in [0, 0.05) is 0 Å². The highest BCUT2D eigenvalue weighted by molar-refractivity contribution is 7.18. The number of thiazole rings is 1. The highest BCUT2D eigenvalue weighted by Crippen LogP contribution is 2.35. The smallest absolute Gasteiger partial charge is 0.305 e. The summed E-state index contributed by atoms with van der Waals surface area (Å²) in [5, 5.41) is 5.65. The molecule has 29 heavy (non-hydrogen) atoms. The third kappa shape index (κ3) is 4.60. The molecule has 2 heterocycles. The van der Waals surface area contributed by atoms with Crippen molar-refractivity contribution in [1.29, 1.82) is 0 Å². The molecule has 4 rings (SSSR count). The van der Waals surface area contributed by atoms with E-state index in [9.17, 15) is 14.0 Å². The Hall–Kier alpha value is -2.84. The highest BCUT2D eigenvalue weighted by atomic mass is 32.1. The molecule has 3 aromatic rings. The minimum atomic E-state index is -0.742. The zero-order chi connectivity index (χ0) is 20.2. The maximum Gasteiger partial charge on any atom is 0.326 e. The number of carbonyl (C=O) groups excluding carboxylic acids is 2. The number of likely N-dealkylation sites (tertiary alicyclic amines) is 1. The van der Waals surface area contributed by atoms with Gasteiger partial charge in [0.05, 0.1) is 28.5 Å². The van der Waals surface area contributed by atoms with E-state index in [1.165, 1.54) is 18.2 Å². The topological polar surface area (TPSA) is 74.3 Å². The van der Waals surface area contributed by atoms with E-state index in [2.05, 4.69) is 15.5 Å². The van der Waals surface area contributed by atoms with Gasteiger partial charge < -0.3 is 5.32 Å². The van der Waals surface area contributed by atoms with Crippen LogP contribution in [-0.2, 0) is 4.79 Å². The normalized spacial score (nSPS) is 17.2. The molecule has 8 heteroatoms. The van der Waals surface area contributed by atoms with E-state index in [0.29, 0.717) is 0 Å². The van der Waals surface area contributed by atoms with Crippen LogP contribution in [0.1, 0.15) is 30.3 Å². The van der Waals surface area contributed by atoms with Crippen LogP contribution in [0, 0.1) is 5.82 Å². The summed E-state index contributed by atoms with van der Waals surface area (Å²) in [5.41, 5.74) is 0.995. The summed E-state index contributed by atoms with van der Waals surface area (Å²) < 4.78 is 14.8. The second kappa shape index (κ2) is 8.67. The molecule has 1 aliphatic heterocycles. The van der Waals surface area contributed by atoms with Crippen LogP contribution >= 0.6 is 11.3 Å². The number of nitrogens with one attached hydrogen (secondary N) is 2. The molecule has 0 unspecified atom stereocenters. The molecule has 0 saturated carbocycles. The fourth-order valence-corrected chi connectivity index (χ4v) is 4.70. The van der Waals surface area contributed by atoms with Crippen molar-refractivity contribution < 1.29 is 14.0 Å². The molecule has 1 aromatic heterocycles. The van der Waals surface area contributed by atoms with E-state index in [-0.39, 0.29) is 18.3 Å². The Bertz CT molecular complexity index is 1010. The van der Waals surface area contributed by atoms with Gasteiger partial charge in [-0.2, -0.15) is 0 Å². The largest absolute Gasteiger partial charge is 0.326 e. The molecule has 0 radical (unpaired) electrons. The van der Waals surface area contributed by atoms with Gasteiger partial charge >= 0.3 is 6.03 Å². The Balaban J connectivity index is 1.40. The molecule has 3 amide bonds. The Labute approximate surface area is 171 Å². The van der Waals surface area contributed by atoms with Gasteiger partial charge in [0.2, 0.25) is 5.91 Å². The van der Waals surface area contributed by atoms with Gasteiger partial charge in [0.25, 0.3) is 0 Å². The Morgan fingerprint density at radius 1 is 1.14 bits per heavy atom. The predicted octanol–water partition coefficient (Wildman–Crippen LogP) is 4.31. The maximum absolute atomic E-state index is 13.6. The third-order valence-corrected chi connectivity index (χ3v) is 6.07. The van der Waals surface area contributed by atoms with Crippen molar-refractivity contribution in [1.82, 2.24) is 15.2 Å². The lowest BCUT2D eigenvalue weighted by molar-refractivity contribution is -0.122. The quantitative estimate of drug-likeness (QED) is 0.670. The Morgan fingerprint density at radius 3 is 2.76 bits per heavy atom. The van der Waals surface area contributed by atoms with Crippen LogP contribution in [0.25, 0.3) is 10.2 Å². The second-order valence-electron chi connectivity index (χ2n) is 6.98. The first kappa shape index (κ1) is 19.5. The van der Waals surface area contributed by atoms with Crippen molar-refractivity contribution in [3.63, 3.8) is 0 Å². The number of imide groups is 1. The number of fused-ring (bicyclic) bond motifs is 1. The summed E-state index contributed by atoms with van der Waals surface area (Å²) in [6.07, 6.45) is 3.00.